The van der Waals surface area contributed by atoms with Gasteiger partial charge in [-0.1, -0.05) is 23.7 Å². The van der Waals surface area contributed by atoms with Crippen LogP contribution in [0, 0.1) is 0 Å². The van der Waals surface area contributed by atoms with E-state index in [0.717, 1.165) is 30.4 Å². The van der Waals surface area contributed by atoms with Crippen molar-refractivity contribution < 1.29 is 4.79 Å². The maximum Gasteiger partial charge on any atom is 0.116 e. The molecule has 4 heteroatoms. The summed E-state index contributed by atoms with van der Waals surface area (Å²) in [6.45, 7) is 3.30. The normalized spacial score (nSPS) is 13.9. The third-order valence-corrected chi connectivity index (χ3v) is 3.14. The number of hydrogen-bond acceptors (Lipinski definition) is 3. The third kappa shape index (κ3) is 6.71. The van der Waals surface area contributed by atoms with Crippen molar-refractivity contribution in [3.05, 3.63) is 34.3 Å². The Morgan fingerprint density at radius 3 is 2.58 bits per heavy atom. The van der Waals surface area contributed by atoms with Crippen molar-refractivity contribution in [2.24, 2.45) is 0 Å². The molecule has 1 aliphatic carbocycles. The summed E-state index contributed by atoms with van der Waals surface area (Å²) in [5.41, 5.74) is 2.54. The topological polar surface area (TPSA) is 32.3 Å². The molecule has 0 aliphatic heterocycles. The van der Waals surface area contributed by atoms with Crippen LogP contribution in [0.2, 0.25) is 5.02 Å². The first-order valence-corrected chi connectivity index (χ1v) is 6.99. The number of nitrogens with one attached hydrogen (secondary N) is 1. The van der Waals surface area contributed by atoms with Crippen molar-refractivity contribution in [2.45, 2.75) is 38.9 Å². The average molecular weight is 283 g/mol. The van der Waals surface area contributed by atoms with Crippen LogP contribution in [0.1, 0.15) is 30.9 Å². The summed E-state index contributed by atoms with van der Waals surface area (Å²) in [5.74, 6) is 0. The summed E-state index contributed by atoms with van der Waals surface area (Å²) in [6, 6.07) is 7.04. The molecule has 19 heavy (non-hydrogen) atoms. The van der Waals surface area contributed by atoms with Gasteiger partial charge in [-0.2, -0.15) is 0 Å². The number of rotatable bonds is 5. The van der Waals surface area contributed by atoms with Crippen LogP contribution in [0.25, 0.3) is 0 Å². The Morgan fingerprint density at radius 1 is 1.42 bits per heavy atom. The van der Waals surface area contributed by atoms with Gasteiger partial charge in [0.05, 0.1) is 0 Å². The molecule has 3 nitrogen and oxygen atoms in total. The van der Waals surface area contributed by atoms with Crippen LogP contribution >= 0.6 is 11.6 Å². The van der Waals surface area contributed by atoms with Gasteiger partial charge in [0.1, 0.15) is 6.29 Å². The van der Waals surface area contributed by atoms with Crippen LogP contribution in [-0.2, 0) is 17.9 Å². The maximum absolute atomic E-state index is 8.81. The number of carbonyl (C=O) groups is 1. The summed E-state index contributed by atoms with van der Waals surface area (Å²) in [5, 5.41) is 4.37. The Morgan fingerprint density at radius 2 is 2.05 bits per heavy atom. The highest BCUT2D eigenvalue weighted by atomic mass is 35.5. The standard InChI is InChI=1S/C13H19ClN2.C2H4O/c1-16(2)9-10-3-6-13(14)11(7-10)8-15-12-4-5-12;1-2-3/h3,6-7,12,15H,4-5,8-9H2,1-2H3;2H,1H3. The molecular weight excluding hydrogens is 260 g/mol. The molecule has 0 spiro atoms. The second-order valence-electron chi connectivity index (χ2n) is 5.05. The van der Waals surface area contributed by atoms with Gasteiger partial charge in [0.2, 0.25) is 0 Å². The summed E-state index contributed by atoms with van der Waals surface area (Å²) >= 11 is 6.18. The lowest BCUT2D eigenvalue weighted by Gasteiger charge is -2.12. The molecule has 2 rings (SSSR count). The van der Waals surface area contributed by atoms with Crippen molar-refractivity contribution in [1.82, 2.24) is 10.2 Å². The maximum atomic E-state index is 8.81. The van der Waals surface area contributed by atoms with Gasteiger partial charge in [-0.3, -0.25) is 0 Å². The third-order valence-electron chi connectivity index (χ3n) is 2.77. The summed E-state index contributed by atoms with van der Waals surface area (Å²) in [6.07, 6.45) is 3.38. The van der Waals surface area contributed by atoms with Gasteiger partial charge in [-0.15, -0.1) is 0 Å². The SMILES string of the molecule is CC=O.CN(C)Cc1ccc(Cl)c(CNC2CC2)c1. The molecule has 1 saturated carbocycles. The van der Waals surface area contributed by atoms with Crippen molar-refractivity contribution in [2.75, 3.05) is 14.1 Å². The predicted molar refractivity (Wildman–Crippen MR) is 80.4 cm³/mol. The van der Waals surface area contributed by atoms with E-state index in [1.165, 1.54) is 30.9 Å². The Labute approximate surface area is 120 Å². The van der Waals surface area contributed by atoms with E-state index in [9.17, 15) is 0 Å². The summed E-state index contributed by atoms with van der Waals surface area (Å²) in [7, 11) is 4.16. The second-order valence-corrected chi connectivity index (χ2v) is 5.46. The lowest BCUT2D eigenvalue weighted by atomic mass is 10.1. The first kappa shape index (κ1) is 16.2. The molecule has 1 aliphatic rings. The molecule has 1 aromatic carbocycles. The van der Waals surface area contributed by atoms with E-state index >= 15 is 0 Å². The largest absolute Gasteiger partial charge is 0.310 e. The Bertz CT molecular complexity index is 403. The van der Waals surface area contributed by atoms with Gasteiger partial charge in [-0.05, 0) is 51.1 Å². The summed E-state index contributed by atoms with van der Waals surface area (Å²) in [4.78, 5) is 11.0. The molecule has 0 aromatic heterocycles. The molecule has 0 bridgehead atoms. The zero-order chi connectivity index (χ0) is 14.3. The van der Waals surface area contributed by atoms with Crippen molar-refractivity contribution in [1.29, 1.82) is 0 Å². The molecule has 0 amide bonds. The lowest BCUT2D eigenvalue weighted by Crippen LogP contribution is -2.16. The van der Waals surface area contributed by atoms with E-state index in [1.54, 1.807) is 0 Å². The van der Waals surface area contributed by atoms with Crippen LogP contribution in [0.3, 0.4) is 0 Å². The first-order chi connectivity index (χ1) is 9.06. The minimum Gasteiger partial charge on any atom is -0.310 e. The number of carbonyl (C=O) groups excluding carboxylic acids is 1. The first-order valence-electron chi connectivity index (χ1n) is 6.62. The van der Waals surface area contributed by atoms with Crippen LogP contribution in [0.5, 0.6) is 0 Å². The molecule has 1 N–H and O–H groups in total. The Balaban J connectivity index is 0.000000550. The fourth-order valence-corrected chi connectivity index (χ4v) is 1.95. The molecule has 1 aromatic rings. The highest BCUT2D eigenvalue weighted by Crippen LogP contribution is 2.22. The molecule has 0 heterocycles. The number of hydrogen-bond donors (Lipinski definition) is 1. The second kappa shape index (κ2) is 8.31. The van der Waals surface area contributed by atoms with Gasteiger partial charge in [0.25, 0.3) is 0 Å². The zero-order valence-electron chi connectivity index (χ0n) is 11.9. The van der Waals surface area contributed by atoms with Crippen LogP contribution < -0.4 is 5.32 Å². The van der Waals surface area contributed by atoms with E-state index in [0.29, 0.717) is 0 Å². The number of nitrogens with zero attached hydrogens (tertiary/aromatic N) is 1. The van der Waals surface area contributed by atoms with E-state index in [1.807, 2.05) is 6.07 Å². The minimum absolute atomic E-state index is 0.730. The smallest absolute Gasteiger partial charge is 0.116 e. The highest BCUT2D eigenvalue weighted by molar-refractivity contribution is 6.31. The van der Waals surface area contributed by atoms with Crippen molar-refractivity contribution in [3.8, 4) is 0 Å². The molecule has 0 unspecified atom stereocenters. The van der Waals surface area contributed by atoms with Crippen molar-refractivity contribution in [3.63, 3.8) is 0 Å². The zero-order valence-corrected chi connectivity index (χ0v) is 12.7. The molecule has 0 saturated heterocycles. The molecule has 106 valence electrons. The van der Waals surface area contributed by atoms with Gasteiger partial charge in [0.15, 0.2) is 0 Å². The van der Waals surface area contributed by atoms with Gasteiger partial charge >= 0.3 is 0 Å². The van der Waals surface area contributed by atoms with Crippen LogP contribution in [0.4, 0.5) is 0 Å². The molecule has 0 radical (unpaired) electrons. The Hall–Kier alpha value is -0.900. The van der Waals surface area contributed by atoms with Crippen molar-refractivity contribution >= 4 is 17.9 Å². The van der Waals surface area contributed by atoms with E-state index in [4.69, 9.17) is 16.4 Å². The monoisotopic (exact) mass is 282 g/mol. The van der Waals surface area contributed by atoms with Crippen LogP contribution in [0.15, 0.2) is 18.2 Å². The molecular formula is C15H23ClN2O. The number of aldehydes is 1. The van der Waals surface area contributed by atoms with E-state index in [-0.39, 0.29) is 0 Å². The molecule has 1 fully saturated rings. The fourth-order valence-electron chi connectivity index (χ4n) is 1.77. The highest BCUT2D eigenvalue weighted by Gasteiger charge is 2.20. The average Bonchev–Trinajstić information content (AvgIpc) is 3.14. The van der Waals surface area contributed by atoms with E-state index in [2.05, 4.69) is 36.4 Å². The van der Waals surface area contributed by atoms with Gasteiger partial charge in [-0.25, -0.2) is 0 Å². The van der Waals surface area contributed by atoms with Gasteiger partial charge < -0.3 is 15.0 Å². The number of benzene rings is 1. The van der Waals surface area contributed by atoms with Gasteiger partial charge in [0, 0.05) is 24.2 Å². The number of halogens is 1. The predicted octanol–water partition coefficient (Wildman–Crippen LogP) is 2.86. The summed E-state index contributed by atoms with van der Waals surface area (Å²) < 4.78 is 0. The lowest BCUT2D eigenvalue weighted by molar-refractivity contribution is -0.106. The van der Waals surface area contributed by atoms with Crippen LogP contribution in [-0.4, -0.2) is 31.3 Å². The molecule has 0 atom stereocenters. The minimum atomic E-state index is 0.730. The fraction of sp³-hybridized carbons (Fsp3) is 0.533. The Kier molecular flexibility index (Phi) is 7.06. The quantitative estimate of drug-likeness (QED) is 0.843. The van der Waals surface area contributed by atoms with E-state index < -0.39 is 0 Å².